The number of hydrogen-bond donors (Lipinski definition) is 1. The van der Waals surface area contributed by atoms with Crippen LogP contribution in [-0.2, 0) is 19.3 Å². The summed E-state index contributed by atoms with van der Waals surface area (Å²) in [7, 11) is -4.01. The summed E-state index contributed by atoms with van der Waals surface area (Å²) >= 11 is 0. The highest BCUT2D eigenvalue weighted by Gasteiger charge is 2.51. The molecule has 0 atom stereocenters. The average Bonchev–Trinajstić information content (AvgIpc) is 2.60. The Balaban J connectivity index is 2.32. The molecule has 0 bridgehead atoms. The van der Waals surface area contributed by atoms with Crippen molar-refractivity contribution in [3.8, 4) is 0 Å². The Labute approximate surface area is 139 Å². The fourth-order valence-corrected chi connectivity index (χ4v) is 2.78. The van der Waals surface area contributed by atoms with E-state index in [1.807, 2.05) is 27.7 Å². The lowest BCUT2D eigenvalue weighted by atomic mass is 9.80. The van der Waals surface area contributed by atoms with Gasteiger partial charge in [-0.1, -0.05) is 0 Å². The van der Waals surface area contributed by atoms with Crippen LogP contribution in [0.2, 0.25) is 0 Å². The van der Waals surface area contributed by atoms with E-state index in [0.29, 0.717) is 16.8 Å². The molecule has 1 N–H and O–H groups in total. The van der Waals surface area contributed by atoms with Gasteiger partial charge in [0.05, 0.1) is 27.8 Å². The Kier molecular flexibility index (Phi) is 4.56. The van der Waals surface area contributed by atoms with Crippen molar-refractivity contribution in [2.24, 2.45) is 0 Å². The lowest BCUT2D eigenvalue weighted by molar-refractivity contribution is 0.00578. The van der Waals surface area contributed by atoms with Gasteiger partial charge in [-0.15, -0.1) is 0 Å². The maximum Gasteiger partial charge on any atom is 0.496 e. The lowest BCUT2D eigenvalue weighted by Crippen LogP contribution is -2.41. The Hall–Kier alpha value is -1.12. The van der Waals surface area contributed by atoms with E-state index in [-0.39, 0.29) is 0 Å². The topological polar surface area (TPSA) is 77.5 Å². The van der Waals surface area contributed by atoms with Crippen molar-refractivity contribution in [1.29, 1.82) is 0 Å². The lowest BCUT2D eigenvalue weighted by Gasteiger charge is -2.32. The SMILES string of the molecule is Cc1ncc(B2OC(C)(C)C(C)(C)O2)cc1NS(=O)(=O)C(C)C. The van der Waals surface area contributed by atoms with Crippen molar-refractivity contribution < 1.29 is 17.7 Å². The van der Waals surface area contributed by atoms with E-state index in [1.165, 1.54) is 0 Å². The number of anilines is 1. The minimum absolute atomic E-state index is 0.450. The summed E-state index contributed by atoms with van der Waals surface area (Å²) < 4.78 is 38.7. The highest BCUT2D eigenvalue weighted by Crippen LogP contribution is 2.36. The van der Waals surface area contributed by atoms with E-state index in [9.17, 15) is 8.42 Å². The van der Waals surface area contributed by atoms with Crippen LogP contribution in [0.1, 0.15) is 47.2 Å². The van der Waals surface area contributed by atoms with E-state index >= 15 is 0 Å². The molecule has 2 rings (SSSR count). The van der Waals surface area contributed by atoms with Crippen LogP contribution in [-0.4, -0.2) is 37.0 Å². The molecule has 0 spiro atoms. The Bertz CT molecular complexity index is 685. The predicted octanol–water partition coefficient (Wildman–Crippen LogP) is 1.84. The van der Waals surface area contributed by atoms with Gasteiger partial charge in [-0.05, 0) is 54.5 Å². The van der Waals surface area contributed by atoms with Crippen molar-refractivity contribution in [3.63, 3.8) is 0 Å². The van der Waals surface area contributed by atoms with Crippen LogP contribution < -0.4 is 10.2 Å². The molecule has 0 aromatic carbocycles. The van der Waals surface area contributed by atoms with Crippen molar-refractivity contribution >= 4 is 28.3 Å². The molecule has 1 aliphatic heterocycles. The zero-order chi connectivity index (χ0) is 17.6. The number of rotatable bonds is 4. The van der Waals surface area contributed by atoms with Gasteiger partial charge in [-0.25, -0.2) is 8.42 Å². The van der Waals surface area contributed by atoms with Gasteiger partial charge in [-0.2, -0.15) is 0 Å². The molecule has 2 heterocycles. The number of aryl methyl sites for hydroxylation is 1. The summed E-state index contributed by atoms with van der Waals surface area (Å²) in [5.74, 6) is 0. The second kappa shape index (κ2) is 5.75. The standard InChI is InChI=1S/C15H25BN2O4S/c1-10(2)23(19,20)18-13-8-12(9-17-11(13)3)16-21-14(4,5)15(6,7)22-16/h8-10,18H,1-7H3. The molecule has 0 aliphatic carbocycles. The van der Waals surface area contributed by atoms with Gasteiger partial charge < -0.3 is 9.31 Å². The number of nitrogens with zero attached hydrogens (tertiary/aromatic N) is 1. The molecule has 1 aromatic heterocycles. The number of hydrogen-bond acceptors (Lipinski definition) is 5. The van der Waals surface area contributed by atoms with Crippen LogP contribution in [0.3, 0.4) is 0 Å². The molecule has 0 radical (unpaired) electrons. The van der Waals surface area contributed by atoms with Gasteiger partial charge in [-0.3, -0.25) is 9.71 Å². The summed E-state index contributed by atoms with van der Waals surface area (Å²) in [6.07, 6.45) is 1.66. The smallest absolute Gasteiger partial charge is 0.399 e. The Morgan fingerprint density at radius 1 is 1.17 bits per heavy atom. The van der Waals surface area contributed by atoms with Gasteiger partial charge in [0.2, 0.25) is 10.0 Å². The van der Waals surface area contributed by atoms with Gasteiger partial charge in [0.15, 0.2) is 0 Å². The Morgan fingerprint density at radius 3 is 2.17 bits per heavy atom. The minimum Gasteiger partial charge on any atom is -0.399 e. The van der Waals surface area contributed by atoms with E-state index in [4.69, 9.17) is 9.31 Å². The first-order valence-corrected chi connectivity index (χ1v) is 9.24. The quantitative estimate of drug-likeness (QED) is 0.847. The first-order chi connectivity index (χ1) is 10.4. The summed E-state index contributed by atoms with van der Waals surface area (Å²) in [6, 6.07) is 1.73. The fourth-order valence-electron chi connectivity index (χ4n) is 2.03. The molecule has 1 fully saturated rings. The van der Waals surface area contributed by atoms with Crippen LogP contribution in [0.25, 0.3) is 0 Å². The maximum absolute atomic E-state index is 12.1. The number of aromatic nitrogens is 1. The third-order valence-corrected chi connectivity index (χ3v) is 6.25. The van der Waals surface area contributed by atoms with Crippen molar-refractivity contribution in [3.05, 3.63) is 18.0 Å². The number of nitrogens with one attached hydrogen (secondary N) is 1. The van der Waals surface area contributed by atoms with Gasteiger partial charge in [0, 0.05) is 11.7 Å². The third-order valence-electron chi connectivity index (χ3n) is 4.51. The average molecular weight is 340 g/mol. The van der Waals surface area contributed by atoms with Crippen LogP contribution in [0.15, 0.2) is 12.3 Å². The van der Waals surface area contributed by atoms with Crippen molar-refractivity contribution in [1.82, 2.24) is 4.98 Å². The predicted molar refractivity (Wildman–Crippen MR) is 92.4 cm³/mol. The van der Waals surface area contributed by atoms with Crippen LogP contribution in [0, 0.1) is 6.92 Å². The zero-order valence-electron chi connectivity index (χ0n) is 14.8. The molecular formula is C15H25BN2O4S. The molecule has 23 heavy (non-hydrogen) atoms. The van der Waals surface area contributed by atoms with Crippen LogP contribution in [0.5, 0.6) is 0 Å². The highest BCUT2D eigenvalue weighted by molar-refractivity contribution is 7.93. The second-order valence-electron chi connectivity index (χ2n) is 7.19. The monoisotopic (exact) mass is 340 g/mol. The number of sulfonamides is 1. The summed E-state index contributed by atoms with van der Waals surface area (Å²) in [5, 5.41) is -0.526. The summed E-state index contributed by atoms with van der Waals surface area (Å²) in [5.41, 5.74) is 0.830. The largest absolute Gasteiger partial charge is 0.496 e. The first kappa shape index (κ1) is 18.2. The molecule has 0 unspecified atom stereocenters. The minimum atomic E-state index is -3.43. The van der Waals surface area contributed by atoms with Gasteiger partial charge in [0.25, 0.3) is 0 Å². The second-order valence-corrected chi connectivity index (χ2v) is 9.42. The van der Waals surface area contributed by atoms with Crippen molar-refractivity contribution in [2.45, 2.75) is 64.9 Å². The Morgan fingerprint density at radius 2 is 1.70 bits per heavy atom. The number of pyridine rings is 1. The summed E-state index contributed by atoms with van der Waals surface area (Å²) in [4.78, 5) is 4.28. The van der Waals surface area contributed by atoms with E-state index in [1.54, 1.807) is 33.0 Å². The zero-order valence-corrected chi connectivity index (χ0v) is 15.6. The van der Waals surface area contributed by atoms with Crippen molar-refractivity contribution in [2.75, 3.05) is 4.72 Å². The van der Waals surface area contributed by atoms with Gasteiger partial charge >= 0.3 is 7.12 Å². The first-order valence-electron chi connectivity index (χ1n) is 7.69. The molecule has 0 saturated carbocycles. The van der Waals surface area contributed by atoms with Crippen LogP contribution in [0.4, 0.5) is 5.69 Å². The normalized spacial score (nSPS) is 20.1. The molecule has 0 amide bonds. The maximum atomic E-state index is 12.1. The molecule has 8 heteroatoms. The molecular weight excluding hydrogens is 315 g/mol. The molecule has 1 aliphatic rings. The fraction of sp³-hybridized carbons (Fsp3) is 0.667. The van der Waals surface area contributed by atoms with E-state index in [0.717, 1.165) is 0 Å². The molecule has 1 aromatic rings. The summed E-state index contributed by atoms with van der Waals surface area (Å²) in [6.45, 7) is 12.9. The molecule has 1 saturated heterocycles. The molecule has 128 valence electrons. The highest BCUT2D eigenvalue weighted by atomic mass is 32.2. The molecule has 6 nitrogen and oxygen atoms in total. The van der Waals surface area contributed by atoms with E-state index < -0.39 is 33.6 Å². The van der Waals surface area contributed by atoms with Gasteiger partial charge in [0.1, 0.15) is 0 Å². The van der Waals surface area contributed by atoms with Crippen LogP contribution >= 0.6 is 0 Å². The third kappa shape index (κ3) is 3.54. The van der Waals surface area contributed by atoms with E-state index in [2.05, 4.69) is 9.71 Å².